The summed E-state index contributed by atoms with van der Waals surface area (Å²) in [5.74, 6) is -3.64. The van der Waals surface area contributed by atoms with Gasteiger partial charge in [0.15, 0.2) is 17.3 Å². The number of allylic oxidation sites excluding steroid dienone is 2. The van der Waals surface area contributed by atoms with E-state index in [0.717, 1.165) is 11.6 Å². The molecule has 36 heavy (non-hydrogen) atoms. The zero-order valence-corrected chi connectivity index (χ0v) is 19.4. The van der Waals surface area contributed by atoms with Gasteiger partial charge in [-0.15, -0.1) is 0 Å². The summed E-state index contributed by atoms with van der Waals surface area (Å²) in [4.78, 5) is 19.2. The van der Waals surface area contributed by atoms with Gasteiger partial charge in [-0.3, -0.25) is 4.52 Å². The van der Waals surface area contributed by atoms with E-state index in [4.69, 9.17) is 24.8 Å². The molecule has 13 heteroatoms. The number of aromatic nitrogens is 1. The van der Waals surface area contributed by atoms with E-state index in [2.05, 4.69) is 9.68 Å². The molecule has 4 N–H and O–H groups in total. The lowest BCUT2D eigenvalue weighted by atomic mass is 10.0. The molecule has 2 aromatic carbocycles. The zero-order chi connectivity index (χ0) is 25.9. The van der Waals surface area contributed by atoms with Crippen molar-refractivity contribution in [1.29, 1.82) is 0 Å². The Morgan fingerprint density at radius 2 is 1.83 bits per heavy atom. The minimum atomic E-state index is -4.66. The third-order valence-electron chi connectivity index (χ3n) is 5.21. The van der Waals surface area contributed by atoms with Crippen LogP contribution in [0.1, 0.15) is 22.6 Å². The second kappa shape index (κ2) is 10.7. The SMILES string of the molecule is NC1C(c2cc(Cc3ccc(COc4cc(F)cc(F)c4F)cc3)no2)=CC=CN1COP(=O)(O)O. The maximum Gasteiger partial charge on any atom is 0.471 e. The zero-order valence-electron chi connectivity index (χ0n) is 18.6. The fourth-order valence-corrected chi connectivity index (χ4v) is 3.70. The Kier molecular flexibility index (Phi) is 7.62. The molecule has 0 saturated carbocycles. The van der Waals surface area contributed by atoms with E-state index < -0.39 is 43.9 Å². The monoisotopic (exact) mass is 523 g/mol. The van der Waals surface area contributed by atoms with Gasteiger partial charge < -0.3 is 29.7 Å². The minimum absolute atomic E-state index is 0.0873. The predicted octanol–water partition coefficient (Wildman–Crippen LogP) is 3.83. The van der Waals surface area contributed by atoms with Crippen molar-refractivity contribution in [2.75, 3.05) is 6.73 Å². The summed E-state index contributed by atoms with van der Waals surface area (Å²) in [6.07, 6.45) is 4.50. The number of nitrogens with two attached hydrogens (primary N) is 1. The number of benzene rings is 2. The van der Waals surface area contributed by atoms with Crippen molar-refractivity contribution in [3.05, 3.63) is 101 Å². The van der Waals surface area contributed by atoms with E-state index >= 15 is 0 Å². The maximum absolute atomic E-state index is 13.7. The number of halogens is 3. The standard InChI is InChI=1S/C23H21F3N3O6P/c24-16-9-19(25)22(26)21(10-16)33-12-15-5-3-14(4-6-15)8-17-11-20(35-28-17)18-2-1-7-29(23(18)27)13-34-36(30,31)32/h1-7,9-11,23H,8,12-13,27H2,(H2,30,31,32). The smallest absolute Gasteiger partial charge is 0.471 e. The topological polar surface area (TPSA) is 131 Å². The third kappa shape index (κ3) is 6.42. The minimum Gasteiger partial charge on any atom is -0.486 e. The van der Waals surface area contributed by atoms with Crippen molar-refractivity contribution in [1.82, 2.24) is 10.1 Å². The first-order valence-corrected chi connectivity index (χ1v) is 12.0. The summed E-state index contributed by atoms with van der Waals surface area (Å²) in [6.45, 7) is -0.507. The van der Waals surface area contributed by atoms with Gasteiger partial charge in [-0.05, 0) is 17.2 Å². The van der Waals surface area contributed by atoms with Crippen LogP contribution in [-0.4, -0.2) is 32.7 Å². The molecule has 0 aliphatic carbocycles. The molecule has 1 atom stereocenters. The second-order valence-electron chi connectivity index (χ2n) is 7.84. The highest BCUT2D eigenvalue weighted by atomic mass is 31.2. The van der Waals surface area contributed by atoms with Crippen LogP contribution in [0.4, 0.5) is 13.2 Å². The normalized spacial score (nSPS) is 15.8. The molecule has 1 aliphatic heterocycles. The summed E-state index contributed by atoms with van der Waals surface area (Å²) in [5.41, 5.74) is 8.85. The molecular weight excluding hydrogens is 502 g/mol. The number of hydrogen-bond donors (Lipinski definition) is 3. The van der Waals surface area contributed by atoms with Crippen LogP contribution < -0.4 is 10.5 Å². The molecule has 0 amide bonds. The van der Waals surface area contributed by atoms with Gasteiger partial charge in [0.05, 0.1) is 5.69 Å². The molecule has 0 fully saturated rings. The molecule has 0 spiro atoms. The molecule has 2 heterocycles. The molecule has 9 nitrogen and oxygen atoms in total. The highest BCUT2D eigenvalue weighted by Gasteiger charge is 2.25. The van der Waals surface area contributed by atoms with Crippen LogP contribution in [-0.2, 0) is 22.1 Å². The summed E-state index contributed by atoms with van der Waals surface area (Å²) in [7, 11) is -4.66. The quantitative estimate of drug-likeness (QED) is 0.283. The molecule has 0 saturated heterocycles. The van der Waals surface area contributed by atoms with Crippen LogP contribution >= 0.6 is 7.82 Å². The van der Waals surface area contributed by atoms with E-state index in [1.54, 1.807) is 42.5 Å². The van der Waals surface area contributed by atoms with Crippen LogP contribution in [0.25, 0.3) is 5.57 Å². The first-order valence-electron chi connectivity index (χ1n) is 10.5. The van der Waals surface area contributed by atoms with Crippen molar-refractivity contribution in [2.24, 2.45) is 5.73 Å². The van der Waals surface area contributed by atoms with Crippen LogP contribution in [0.2, 0.25) is 0 Å². The second-order valence-corrected chi connectivity index (χ2v) is 9.07. The number of rotatable bonds is 9. The summed E-state index contributed by atoms with van der Waals surface area (Å²) in [6, 6.07) is 9.97. The molecule has 0 bridgehead atoms. The average Bonchev–Trinajstić information content (AvgIpc) is 3.28. The van der Waals surface area contributed by atoms with Crippen LogP contribution in [0.15, 0.2) is 65.3 Å². The van der Waals surface area contributed by atoms with Gasteiger partial charge in [0.2, 0.25) is 5.82 Å². The van der Waals surface area contributed by atoms with Crippen LogP contribution in [0.5, 0.6) is 5.75 Å². The number of phosphoric ester groups is 1. The Morgan fingerprint density at radius 3 is 2.56 bits per heavy atom. The van der Waals surface area contributed by atoms with Gasteiger partial charge in [0, 0.05) is 36.4 Å². The van der Waals surface area contributed by atoms with Gasteiger partial charge in [0.25, 0.3) is 0 Å². The summed E-state index contributed by atoms with van der Waals surface area (Å²) >= 11 is 0. The summed E-state index contributed by atoms with van der Waals surface area (Å²) < 4.78 is 66.4. The first-order chi connectivity index (χ1) is 17.1. The number of hydrogen-bond acceptors (Lipinski definition) is 7. The Bertz CT molecular complexity index is 1340. The highest BCUT2D eigenvalue weighted by molar-refractivity contribution is 7.46. The molecule has 0 radical (unpaired) electrons. The molecule has 1 aromatic heterocycles. The molecule has 3 aromatic rings. The largest absolute Gasteiger partial charge is 0.486 e. The van der Waals surface area contributed by atoms with Gasteiger partial charge in [-0.25, -0.2) is 13.3 Å². The number of phosphoric acid groups is 1. The maximum atomic E-state index is 13.7. The Hall–Kier alpha value is -3.41. The van der Waals surface area contributed by atoms with E-state index in [9.17, 15) is 17.7 Å². The number of nitrogens with zero attached hydrogens (tertiary/aromatic N) is 2. The predicted molar refractivity (Wildman–Crippen MR) is 121 cm³/mol. The van der Waals surface area contributed by atoms with Gasteiger partial charge >= 0.3 is 7.82 Å². The lowest BCUT2D eigenvalue weighted by molar-refractivity contribution is 0.110. The molecule has 1 unspecified atom stereocenters. The fourth-order valence-electron chi connectivity index (χ4n) is 3.41. The van der Waals surface area contributed by atoms with Crippen molar-refractivity contribution < 1.29 is 41.3 Å². The van der Waals surface area contributed by atoms with Crippen LogP contribution in [0.3, 0.4) is 0 Å². The van der Waals surface area contributed by atoms with E-state index in [0.29, 0.717) is 35.1 Å². The van der Waals surface area contributed by atoms with Gasteiger partial charge in [-0.2, -0.15) is 4.39 Å². The van der Waals surface area contributed by atoms with E-state index in [1.165, 1.54) is 11.1 Å². The lowest BCUT2D eigenvalue weighted by Crippen LogP contribution is -2.41. The van der Waals surface area contributed by atoms with E-state index in [-0.39, 0.29) is 6.61 Å². The van der Waals surface area contributed by atoms with Gasteiger partial charge in [-0.1, -0.05) is 35.5 Å². The fraction of sp³-hybridized carbons (Fsp3) is 0.174. The van der Waals surface area contributed by atoms with Crippen molar-refractivity contribution in [2.45, 2.75) is 19.2 Å². The highest BCUT2D eigenvalue weighted by Crippen LogP contribution is 2.36. The van der Waals surface area contributed by atoms with Crippen LogP contribution in [0, 0.1) is 17.5 Å². The molecule has 4 rings (SSSR count). The molecular formula is C23H21F3N3O6P. The van der Waals surface area contributed by atoms with Gasteiger partial charge in [0.1, 0.15) is 25.3 Å². The third-order valence-corrected chi connectivity index (χ3v) is 5.66. The Balaban J connectivity index is 1.36. The summed E-state index contributed by atoms with van der Waals surface area (Å²) in [5, 5.41) is 4.05. The lowest BCUT2D eigenvalue weighted by Gasteiger charge is -2.30. The van der Waals surface area contributed by atoms with Crippen molar-refractivity contribution in [3.8, 4) is 5.75 Å². The van der Waals surface area contributed by atoms with E-state index in [1.807, 2.05) is 0 Å². The Morgan fingerprint density at radius 1 is 1.11 bits per heavy atom. The first kappa shape index (κ1) is 25.7. The average molecular weight is 523 g/mol. The Labute approximate surface area is 203 Å². The van der Waals surface area contributed by atoms with Crippen molar-refractivity contribution in [3.63, 3.8) is 0 Å². The van der Waals surface area contributed by atoms with Crippen molar-refractivity contribution >= 4 is 13.4 Å². The number of ether oxygens (including phenoxy) is 1. The molecule has 190 valence electrons. The molecule has 1 aliphatic rings.